The number of thiophene rings is 1. The fraction of sp³-hybridized carbons (Fsp3) is 0.538. The van der Waals surface area contributed by atoms with Gasteiger partial charge in [-0.05, 0) is 47.8 Å². The molecule has 1 aliphatic carbocycles. The highest BCUT2D eigenvalue weighted by Crippen LogP contribution is 2.24. The van der Waals surface area contributed by atoms with Crippen LogP contribution in [0.1, 0.15) is 43.9 Å². The van der Waals surface area contributed by atoms with E-state index in [9.17, 15) is 4.79 Å². The molecule has 18 heavy (non-hydrogen) atoms. The maximum atomic E-state index is 11.9. The Bertz CT molecular complexity index is 450. The van der Waals surface area contributed by atoms with Crippen LogP contribution in [0.4, 0.5) is 0 Å². The van der Waals surface area contributed by atoms with E-state index in [2.05, 4.69) is 26.5 Å². The first kappa shape index (κ1) is 13.7. The van der Waals surface area contributed by atoms with Gasteiger partial charge in [-0.15, -0.1) is 11.3 Å². The Morgan fingerprint density at radius 1 is 1.39 bits per heavy atom. The van der Waals surface area contributed by atoms with E-state index in [0.717, 1.165) is 27.2 Å². The molecule has 0 atom stereocenters. The summed E-state index contributed by atoms with van der Waals surface area (Å²) in [5.74, 6) is 0.232. The van der Waals surface area contributed by atoms with Crippen LogP contribution in [0.5, 0.6) is 0 Å². The second-order valence-electron chi connectivity index (χ2n) is 4.61. The molecule has 1 saturated carbocycles. The van der Waals surface area contributed by atoms with Crippen LogP contribution in [0.15, 0.2) is 21.0 Å². The molecule has 0 radical (unpaired) electrons. The molecule has 1 N–H and O–H groups in total. The molecule has 98 valence electrons. The van der Waals surface area contributed by atoms with Crippen molar-refractivity contribution in [1.29, 1.82) is 0 Å². The van der Waals surface area contributed by atoms with Crippen LogP contribution in [-0.4, -0.2) is 11.6 Å². The molecule has 0 bridgehead atoms. The lowest BCUT2D eigenvalue weighted by Gasteiger charge is -2.19. The van der Waals surface area contributed by atoms with E-state index >= 15 is 0 Å². The number of hydrogen-bond acceptors (Lipinski definition) is 3. The predicted molar refractivity (Wildman–Crippen MR) is 78.9 cm³/mol. The van der Waals surface area contributed by atoms with E-state index in [1.165, 1.54) is 19.3 Å². The summed E-state index contributed by atoms with van der Waals surface area (Å²) in [6.07, 6.45) is 5.60. The van der Waals surface area contributed by atoms with E-state index in [1.807, 2.05) is 19.1 Å². The van der Waals surface area contributed by atoms with Crippen LogP contribution in [0.25, 0.3) is 0 Å². The molecule has 1 aromatic heterocycles. The molecule has 0 aromatic carbocycles. The number of nitrogens with one attached hydrogen (secondary N) is 1. The van der Waals surface area contributed by atoms with Gasteiger partial charge in [0.1, 0.15) is 0 Å². The Morgan fingerprint density at radius 3 is 2.72 bits per heavy atom. The number of hydrogen-bond donors (Lipinski definition) is 1. The highest BCUT2D eigenvalue weighted by molar-refractivity contribution is 9.11. The summed E-state index contributed by atoms with van der Waals surface area (Å²) in [6.45, 7) is 1.92. The minimum Gasteiger partial charge on any atom is -0.273 e. The molecule has 0 saturated heterocycles. The number of carbonyl (C=O) groups excluding carboxylic acids is 1. The zero-order chi connectivity index (χ0) is 13.0. The van der Waals surface area contributed by atoms with Gasteiger partial charge in [-0.25, -0.2) is 5.43 Å². The summed E-state index contributed by atoms with van der Waals surface area (Å²) < 4.78 is 1.07. The average molecular weight is 329 g/mol. The molecule has 1 aromatic rings. The first-order chi connectivity index (χ1) is 8.66. The molecular formula is C13H17BrN2OS. The fourth-order valence-corrected chi connectivity index (χ4v) is 3.49. The predicted octanol–water partition coefficient (Wildman–Crippen LogP) is 3.93. The second-order valence-corrected chi connectivity index (χ2v) is 7.07. The molecule has 3 nitrogen and oxygen atoms in total. The molecule has 1 amide bonds. The van der Waals surface area contributed by atoms with Gasteiger partial charge in [0, 0.05) is 5.92 Å². The monoisotopic (exact) mass is 328 g/mol. The summed E-state index contributed by atoms with van der Waals surface area (Å²) >= 11 is 5.04. The topological polar surface area (TPSA) is 41.5 Å². The Morgan fingerprint density at radius 2 is 2.11 bits per heavy atom. The van der Waals surface area contributed by atoms with Gasteiger partial charge in [-0.1, -0.05) is 19.3 Å². The van der Waals surface area contributed by atoms with Crippen molar-refractivity contribution in [3.05, 3.63) is 20.8 Å². The zero-order valence-corrected chi connectivity index (χ0v) is 12.8. The zero-order valence-electron chi connectivity index (χ0n) is 10.4. The normalized spacial score (nSPS) is 17.8. The maximum absolute atomic E-state index is 11.9. The Kier molecular flexibility index (Phi) is 4.95. The number of halogens is 1. The van der Waals surface area contributed by atoms with Crippen LogP contribution in [0, 0.1) is 5.92 Å². The van der Waals surface area contributed by atoms with E-state index < -0.39 is 0 Å². The third-order valence-electron chi connectivity index (χ3n) is 3.24. The lowest BCUT2D eigenvalue weighted by molar-refractivity contribution is -0.125. The Labute approximate surface area is 120 Å². The molecular weight excluding hydrogens is 312 g/mol. The maximum Gasteiger partial charge on any atom is 0.243 e. The lowest BCUT2D eigenvalue weighted by atomic mass is 9.89. The van der Waals surface area contributed by atoms with Crippen LogP contribution < -0.4 is 5.43 Å². The summed E-state index contributed by atoms with van der Waals surface area (Å²) in [4.78, 5) is 13.0. The summed E-state index contributed by atoms with van der Waals surface area (Å²) in [5.41, 5.74) is 3.56. The third-order valence-corrected chi connectivity index (χ3v) is 4.97. The molecule has 5 heteroatoms. The number of rotatable bonds is 3. The highest BCUT2D eigenvalue weighted by Gasteiger charge is 2.20. The molecule has 2 rings (SSSR count). The lowest BCUT2D eigenvalue weighted by Crippen LogP contribution is -2.29. The van der Waals surface area contributed by atoms with Crippen LogP contribution in [0.2, 0.25) is 0 Å². The molecule has 0 aliphatic heterocycles. The number of carbonyl (C=O) groups is 1. The standard InChI is InChI=1S/C13H17BrN2OS/c1-9(11-7-8-12(14)18-11)15-16-13(17)10-5-3-2-4-6-10/h7-8,10H,2-6H2,1H3,(H,16,17). The number of nitrogens with zero attached hydrogens (tertiary/aromatic N) is 1. The molecule has 0 unspecified atom stereocenters. The molecule has 1 fully saturated rings. The van der Waals surface area contributed by atoms with Crippen LogP contribution in [0.3, 0.4) is 0 Å². The van der Waals surface area contributed by atoms with E-state index in [0.29, 0.717) is 0 Å². The van der Waals surface area contributed by atoms with Crippen LogP contribution in [-0.2, 0) is 4.79 Å². The number of hydrazone groups is 1. The van der Waals surface area contributed by atoms with Crippen molar-refractivity contribution >= 4 is 38.9 Å². The highest BCUT2D eigenvalue weighted by atomic mass is 79.9. The van der Waals surface area contributed by atoms with Gasteiger partial charge in [0.25, 0.3) is 0 Å². The van der Waals surface area contributed by atoms with Crippen molar-refractivity contribution in [2.24, 2.45) is 11.0 Å². The van der Waals surface area contributed by atoms with Crippen molar-refractivity contribution in [2.75, 3.05) is 0 Å². The summed E-state index contributed by atoms with van der Waals surface area (Å²) in [7, 11) is 0. The van der Waals surface area contributed by atoms with E-state index in [1.54, 1.807) is 11.3 Å². The first-order valence-electron chi connectivity index (χ1n) is 6.26. The van der Waals surface area contributed by atoms with Crippen molar-refractivity contribution in [3.63, 3.8) is 0 Å². The minimum atomic E-state index is 0.0738. The third kappa shape index (κ3) is 3.65. The van der Waals surface area contributed by atoms with Gasteiger partial charge in [0.05, 0.1) is 14.4 Å². The van der Waals surface area contributed by atoms with Crippen molar-refractivity contribution in [2.45, 2.75) is 39.0 Å². The van der Waals surface area contributed by atoms with Gasteiger partial charge >= 0.3 is 0 Å². The smallest absolute Gasteiger partial charge is 0.243 e. The van der Waals surface area contributed by atoms with Gasteiger partial charge in [0.2, 0.25) is 5.91 Å². The first-order valence-corrected chi connectivity index (χ1v) is 7.87. The van der Waals surface area contributed by atoms with Gasteiger partial charge < -0.3 is 0 Å². The van der Waals surface area contributed by atoms with Gasteiger partial charge in [0.15, 0.2) is 0 Å². The second kappa shape index (κ2) is 6.48. The quantitative estimate of drug-likeness (QED) is 0.662. The number of amides is 1. The summed E-state index contributed by atoms with van der Waals surface area (Å²) in [5, 5.41) is 4.19. The van der Waals surface area contributed by atoms with Crippen molar-refractivity contribution in [1.82, 2.24) is 5.43 Å². The van der Waals surface area contributed by atoms with Crippen molar-refractivity contribution in [3.8, 4) is 0 Å². The van der Waals surface area contributed by atoms with Gasteiger partial charge in [-0.3, -0.25) is 4.79 Å². The van der Waals surface area contributed by atoms with E-state index in [-0.39, 0.29) is 11.8 Å². The minimum absolute atomic E-state index is 0.0738. The fourth-order valence-electron chi connectivity index (χ4n) is 2.16. The SMILES string of the molecule is CC(=NNC(=O)C1CCCCC1)c1ccc(Br)s1. The largest absolute Gasteiger partial charge is 0.273 e. The molecule has 0 spiro atoms. The summed E-state index contributed by atoms with van der Waals surface area (Å²) in [6, 6.07) is 3.99. The van der Waals surface area contributed by atoms with Crippen LogP contribution >= 0.6 is 27.3 Å². The van der Waals surface area contributed by atoms with Crippen molar-refractivity contribution < 1.29 is 4.79 Å². The Balaban J connectivity index is 1.91. The van der Waals surface area contributed by atoms with E-state index in [4.69, 9.17) is 0 Å². The van der Waals surface area contributed by atoms with Gasteiger partial charge in [-0.2, -0.15) is 5.10 Å². The Hall–Kier alpha value is -0.680. The average Bonchev–Trinajstić information content (AvgIpc) is 2.83. The molecule has 1 heterocycles. The molecule has 1 aliphatic rings.